The van der Waals surface area contributed by atoms with Crippen molar-refractivity contribution in [2.24, 2.45) is 17.3 Å². The number of aliphatic hydroxyl groups excluding tert-OH is 2. The molecule has 2 aliphatic carbocycles. The number of carbonyl (C=O) groups is 3. The molecule has 0 aromatic heterocycles. The highest BCUT2D eigenvalue weighted by atomic mass is 16.5. The maximum Gasteiger partial charge on any atom is 0.303 e. The Kier molecular flexibility index (Phi) is 7.56. The summed E-state index contributed by atoms with van der Waals surface area (Å²) >= 11 is 0. The molecular weight excluding hydrogens is 504 g/mol. The molecule has 1 saturated carbocycles. The summed E-state index contributed by atoms with van der Waals surface area (Å²) in [6, 6.07) is 0. The van der Waals surface area contributed by atoms with Crippen molar-refractivity contribution in [3.63, 3.8) is 0 Å². The molecule has 4 aliphatic rings. The molecule has 0 aromatic rings. The Hall–Kier alpha value is -2.33. The maximum atomic E-state index is 13.8. The predicted molar refractivity (Wildman–Crippen MR) is 141 cm³/mol. The van der Waals surface area contributed by atoms with Gasteiger partial charge < -0.3 is 29.5 Å². The molecule has 3 N–H and O–H groups in total. The van der Waals surface area contributed by atoms with E-state index in [1.807, 2.05) is 6.92 Å². The zero-order valence-electron chi connectivity index (χ0n) is 24.1. The van der Waals surface area contributed by atoms with E-state index >= 15 is 0 Å². The Balaban J connectivity index is 1.71. The van der Waals surface area contributed by atoms with E-state index in [0.717, 1.165) is 5.57 Å². The van der Waals surface area contributed by atoms with E-state index in [-0.39, 0.29) is 23.3 Å². The summed E-state index contributed by atoms with van der Waals surface area (Å²) < 4.78 is 18.2. The highest BCUT2D eigenvalue weighted by molar-refractivity contribution is 6.22. The first-order chi connectivity index (χ1) is 18.0. The summed E-state index contributed by atoms with van der Waals surface area (Å²) in [4.78, 5) is 39.1. The van der Waals surface area contributed by atoms with Gasteiger partial charge in [0.05, 0.1) is 35.6 Å². The number of fused-ring (bicyclic) bond motifs is 3. The van der Waals surface area contributed by atoms with Crippen molar-refractivity contribution in [2.45, 2.75) is 116 Å². The number of carbonyl (C=O) groups excluding carboxylic acids is 3. The van der Waals surface area contributed by atoms with Gasteiger partial charge in [-0.1, -0.05) is 19.9 Å². The Morgan fingerprint density at radius 3 is 2.44 bits per heavy atom. The topological polar surface area (TPSA) is 140 Å². The molecule has 0 radical (unpaired) electrons. The number of rotatable bonds is 5. The van der Waals surface area contributed by atoms with Crippen LogP contribution in [0.4, 0.5) is 0 Å². The number of hydrogen-bond acceptors (Lipinski definition) is 9. The zero-order valence-corrected chi connectivity index (χ0v) is 24.1. The number of esters is 1. The number of ketones is 2. The van der Waals surface area contributed by atoms with Crippen molar-refractivity contribution in [2.75, 3.05) is 0 Å². The summed E-state index contributed by atoms with van der Waals surface area (Å²) in [5, 5.41) is 33.7. The van der Waals surface area contributed by atoms with E-state index in [9.17, 15) is 29.7 Å². The minimum Gasteiger partial charge on any atom is -0.482 e. The highest BCUT2D eigenvalue weighted by Gasteiger charge is 2.67. The highest BCUT2D eigenvalue weighted by Crippen LogP contribution is 2.59. The quantitative estimate of drug-likeness (QED) is 0.270. The van der Waals surface area contributed by atoms with Crippen LogP contribution in [0.25, 0.3) is 0 Å². The van der Waals surface area contributed by atoms with Gasteiger partial charge >= 0.3 is 5.97 Å². The van der Waals surface area contributed by atoms with Crippen LogP contribution in [-0.2, 0) is 28.6 Å². The third-order valence-corrected chi connectivity index (χ3v) is 9.55. The summed E-state index contributed by atoms with van der Waals surface area (Å²) in [5.74, 6) is -3.14. The van der Waals surface area contributed by atoms with Crippen molar-refractivity contribution in [1.29, 1.82) is 0 Å². The van der Waals surface area contributed by atoms with Gasteiger partial charge in [0.1, 0.15) is 11.7 Å². The number of ether oxygens (including phenoxy) is 3. The SMILES string of the molecule is C/C=C(\C)C(OC(C)=O)C(C)C1=CC(=O)C2=C(OC3(C)CCC4OC(C(C)(C)O)CC(O)C4(C)C3C2O)C1=O. The fraction of sp³-hybridized carbons (Fsp3) is 0.700. The van der Waals surface area contributed by atoms with Gasteiger partial charge in [-0.3, -0.25) is 14.4 Å². The first kappa shape index (κ1) is 29.6. The van der Waals surface area contributed by atoms with E-state index < -0.39 is 76.5 Å². The van der Waals surface area contributed by atoms with E-state index in [2.05, 4.69) is 0 Å². The van der Waals surface area contributed by atoms with Crippen LogP contribution >= 0.6 is 0 Å². The number of hydrogen-bond donors (Lipinski definition) is 3. The molecule has 4 rings (SSSR count). The lowest BCUT2D eigenvalue weighted by Gasteiger charge is -2.63. The van der Waals surface area contributed by atoms with E-state index in [1.54, 1.807) is 47.6 Å². The van der Waals surface area contributed by atoms with E-state index in [0.29, 0.717) is 12.8 Å². The summed E-state index contributed by atoms with van der Waals surface area (Å²) in [7, 11) is 0. The average molecular weight is 547 g/mol. The second-order valence-corrected chi connectivity index (χ2v) is 12.6. The van der Waals surface area contributed by atoms with Gasteiger partial charge in [-0.05, 0) is 59.1 Å². The standard InChI is InChI=1S/C30H42O9/c1-9-14(2)25(37-16(4)31)15(3)17-12-18(32)22-24(35)27-29(7,39-26(22)23(17)34)11-10-20-30(27,8)19(33)13-21(38-20)28(5,6)36/h9,12,15,19-21,24-25,27,33,35-36H,10-11,13H2,1-8H3/b14-9+. The monoisotopic (exact) mass is 546 g/mol. The normalized spacial score (nSPS) is 38.6. The summed E-state index contributed by atoms with van der Waals surface area (Å²) in [5.41, 5.74) is -2.47. The Labute approximate surface area is 229 Å². The minimum absolute atomic E-state index is 0.121. The predicted octanol–water partition coefficient (Wildman–Crippen LogP) is 2.71. The van der Waals surface area contributed by atoms with Gasteiger partial charge in [0.25, 0.3) is 0 Å². The molecule has 0 bridgehead atoms. The molecule has 9 nitrogen and oxygen atoms in total. The molecule has 216 valence electrons. The maximum absolute atomic E-state index is 13.8. The minimum atomic E-state index is -1.38. The fourth-order valence-corrected chi connectivity index (χ4v) is 7.20. The van der Waals surface area contributed by atoms with Crippen LogP contribution in [0.15, 0.2) is 34.6 Å². The van der Waals surface area contributed by atoms with Gasteiger partial charge in [0.2, 0.25) is 5.78 Å². The van der Waals surface area contributed by atoms with Gasteiger partial charge in [0, 0.05) is 36.2 Å². The second-order valence-electron chi connectivity index (χ2n) is 12.6. The molecular formula is C30H42O9. The van der Waals surface area contributed by atoms with Crippen molar-refractivity contribution in [3.8, 4) is 0 Å². The van der Waals surface area contributed by atoms with Crippen LogP contribution < -0.4 is 0 Å². The lowest BCUT2D eigenvalue weighted by Crippen LogP contribution is -2.70. The summed E-state index contributed by atoms with van der Waals surface area (Å²) in [6.07, 6.45) is -0.148. The molecule has 2 heterocycles. The van der Waals surface area contributed by atoms with E-state index in [4.69, 9.17) is 14.2 Å². The van der Waals surface area contributed by atoms with Crippen molar-refractivity contribution in [1.82, 2.24) is 0 Å². The molecule has 0 amide bonds. The second kappa shape index (κ2) is 9.94. The van der Waals surface area contributed by atoms with Crippen molar-refractivity contribution >= 4 is 17.5 Å². The first-order valence-corrected chi connectivity index (χ1v) is 13.7. The van der Waals surface area contributed by atoms with Gasteiger partial charge in [-0.25, -0.2) is 0 Å². The first-order valence-electron chi connectivity index (χ1n) is 13.7. The van der Waals surface area contributed by atoms with Crippen molar-refractivity contribution in [3.05, 3.63) is 34.6 Å². The third-order valence-electron chi connectivity index (χ3n) is 9.55. The van der Waals surface area contributed by atoms with E-state index in [1.165, 1.54) is 13.0 Å². The van der Waals surface area contributed by atoms with Crippen LogP contribution in [-0.4, -0.2) is 74.6 Å². The lowest BCUT2D eigenvalue weighted by molar-refractivity contribution is -0.291. The number of aliphatic hydroxyl groups is 3. The molecule has 1 saturated heterocycles. The van der Waals surface area contributed by atoms with Crippen LogP contribution in [0, 0.1) is 17.3 Å². The average Bonchev–Trinajstić information content (AvgIpc) is 2.83. The van der Waals surface area contributed by atoms with Crippen LogP contribution in [0.2, 0.25) is 0 Å². The van der Waals surface area contributed by atoms with Crippen molar-refractivity contribution < 1.29 is 43.9 Å². The summed E-state index contributed by atoms with van der Waals surface area (Å²) in [6.45, 7) is 13.5. The lowest BCUT2D eigenvalue weighted by atomic mass is 9.51. The largest absolute Gasteiger partial charge is 0.482 e. The Bertz CT molecular complexity index is 1160. The third kappa shape index (κ3) is 4.71. The Morgan fingerprint density at radius 1 is 1.23 bits per heavy atom. The Morgan fingerprint density at radius 2 is 1.87 bits per heavy atom. The number of allylic oxidation sites excluding steroid dienone is 3. The molecule has 9 atom stereocenters. The van der Waals surface area contributed by atoms with Crippen LogP contribution in [0.5, 0.6) is 0 Å². The van der Waals surface area contributed by atoms with Gasteiger partial charge in [0.15, 0.2) is 11.5 Å². The smallest absolute Gasteiger partial charge is 0.303 e. The molecule has 2 aliphatic heterocycles. The molecule has 9 unspecified atom stereocenters. The molecule has 2 fully saturated rings. The molecule has 39 heavy (non-hydrogen) atoms. The van der Waals surface area contributed by atoms with Crippen LogP contribution in [0.1, 0.15) is 74.7 Å². The fourth-order valence-electron chi connectivity index (χ4n) is 7.20. The molecule has 0 spiro atoms. The molecule has 9 heteroatoms. The zero-order chi connectivity index (χ0) is 29.2. The molecule has 0 aromatic carbocycles. The number of Topliss-reactive ketones (excluding diaryl/α,β-unsaturated/α-hetero) is 1. The van der Waals surface area contributed by atoms with Gasteiger partial charge in [-0.2, -0.15) is 0 Å². The van der Waals surface area contributed by atoms with Gasteiger partial charge in [-0.15, -0.1) is 0 Å². The van der Waals surface area contributed by atoms with Crippen LogP contribution in [0.3, 0.4) is 0 Å².